The van der Waals surface area contributed by atoms with Gasteiger partial charge in [-0.15, -0.1) is 0 Å². The van der Waals surface area contributed by atoms with Gasteiger partial charge in [-0.3, -0.25) is 4.79 Å². The molecule has 122 valence electrons. The maximum atomic E-state index is 11.7. The van der Waals surface area contributed by atoms with Crippen LogP contribution in [0.5, 0.6) is 17.2 Å². The zero-order chi connectivity index (χ0) is 17.0. The number of carboxylic acid groups (broad SMARTS) is 1. The highest BCUT2D eigenvalue weighted by Crippen LogP contribution is 2.34. The lowest BCUT2D eigenvalue weighted by molar-refractivity contribution is -0.138. The van der Waals surface area contributed by atoms with Gasteiger partial charge in [0.15, 0.2) is 0 Å². The molecule has 0 saturated carbocycles. The van der Waals surface area contributed by atoms with Crippen LogP contribution < -0.4 is 9.47 Å². The van der Waals surface area contributed by atoms with E-state index in [2.05, 4.69) is 0 Å². The zero-order valence-corrected chi connectivity index (χ0v) is 13.5. The fourth-order valence-corrected chi connectivity index (χ4v) is 2.56. The maximum Gasteiger partial charge on any atom is 0.311 e. The minimum absolute atomic E-state index is 0.0405. The average molecular weight is 337 g/mol. The molecule has 2 rings (SSSR count). The molecule has 0 spiro atoms. The van der Waals surface area contributed by atoms with Gasteiger partial charge in [-0.25, -0.2) is 0 Å². The summed E-state index contributed by atoms with van der Waals surface area (Å²) in [5.41, 5.74) is 1.22. The van der Waals surface area contributed by atoms with Gasteiger partial charge in [0.25, 0.3) is 0 Å². The molecular weight excluding hydrogens is 320 g/mol. The van der Waals surface area contributed by atoms with Crippen LogP contribution in [0.4, 0.5) is 0 Å². The van der Waals surface area contributed by atoms with E-state index < -0.39 is 11.9 Å². The summed E-state index contributed by atoms with van der Waals surface area (Å²) in [6, 6.07) is 9.68. The second-order valence-electron chi connectivity index (χ2n) is 4.99. The van der Waals surface area contributed by atoms with Crippen molar-refractivity contribution in [2.45, 2.75) is 12.3 Å². The summed E-state index contributed by atoms with van der Waals surface area (Å²) in [6.07, 6.45) is 0.207. The van der Waals surface area contributed by atoms with Crippen molar-refractivity contribution in [3.05, 3.63) is 52.5 Å². The number of rotatable bonds is 6. The molecule has 0 amide bonds. The first-order valence-corrected chi connectivity index (χ1v) is 7.26. The molecule has 0 bridgehead atoms. The Hall–Kier alpha value is -2.40. The van der Waals surface area contributed by atoms with Gasteiger partial charge in [-0.2, -0.15) is 0 Å². The predicted octanol–water partition coefficient (Wildman–Crippen LogP) is 3.47. The minimum atomic E-state index is -0.985. The van der Waals surface area contributed by atoms with Crippen LogP contribution in [-0.4, -0.2) is 30.4 Å². The Bertz CT molecular complexity index is 714. The SMILES string of the molecule is COc1ccc(OC)c(C(Cc2ccc(O)c(Cl)c2)C(=O)O)c1. The second-order valence-corrected chi connectivity index (χ2v) is 5.40. The van der Waals surface area contributed by atoms with Crippen LogP contribution in [0.15, 0.2) is 36.4 Å². The van der Waals surface area contributed by atoms with E-state index in [1.54, 1.807) is 30.3 Å². The number of carbonyl (C=O) groups is 1. The molecule has 0 radical (unpaired) electrons. The van der Waals surface area contributed by atoms with Crippen molar-refractivity contribution in [1.82, 2.24) is 0 Å². The molecule has 6 heteroatoms. The summed E-state index contributed by atoms with van der Waals surface area (Å²) in [5, 5.41) is 19.3. The van der Waals surface area contributed by atoms with E-state index in [1.165, 1.54) is 20.3 Å². The second kappa shape index (κ2) is 7.24. The number of benzene rings is 2. The number of hydrogen-bond acceptors (Lipinski definition) is 4. The standard InChI is InChI=1S/C17H17ClO5/c1-22-11-4-6-16(23-2)12(9-11)13(17(20)21)7-10-3-5-15(19)14(18)8-10/h3-6,8-9,13,19H,7H2,1-2H3,(H,20,21). The third kappa shape index (κ3) is 3.87. The number of methoxy groups -OCH3 is 2. The lowest BCUT2D eigenvalue weighted by Crippen LogP contribution is -2.15. The Kier molecular flexibility index (Phi) is 5.34. The van der Waals surface area contributed by atoms with E-state index in [0.29, 0.717) is 22.6 Å². The molecule has 1 atom stereocenters. The lowest BCUT2D eigenvalue weighted by Gasteiger charge is -2.17. The van der Waals surface area contributed by atoms with Crippen molar-refractivity contribution in [2.75, 3.05) is 14.2 Å². The third-order valence-corrected chi connectivity index (χ3v) is 3.87. The molecule has 0 aliphatic heterocycles. The number of aliphatic carboxylic acids is 1. The molecule has 2 aromatic carbocycles. The van der Waals surface area contributed by atoms with Crippen LogP contribution in [0.1, 0.15) is 17.0 Å². The van der Waals surface area contributed by atoms with Gasteiger partial charge in [0.05, 0.1) is 25.2 Å². The number of carboxylic acids is 1. The first-order chi connectivity index (χ1) is 11.0. The summed E-state index contributed by atoms with van der Waals surface area (Å²) in [6.45, 7) is 0. The Labute approximate surface area is 139 Å². The largest absolute Gasteiger partial charge is 0.506 e. The number of halogens is 1. The fourth-order valence-electron chi connectivity index (χ4n) is 2.36. The van der Waals surface area contributed by atoms with Crippen molar-refractivity contribution in [1.29, 1.82) is 0 Å². The van der Waals surface area contributed by atoms with Crippen LogP contribution in [-0.2, 0) is 11.2 Å². The molecule has 0 aliphatic carbocycles. The molecule has 5 nitrogen and oxygen atoms in total. The normalized spacial score (nSPS) is 11.8. The lowest BCUT2D eigenvalue weighted by atomic mass is 9.91. The number of hydrogen-bond donors (Lipinski definition) is 2. The average Bonchev–Trinajstić information content (AvgIpc) is 2.55. The van der Waals surface area contributed by atoms with Crippen molar-refractivity contribution >= 4 is 17.6 Å². The monoisotopic (exact) mass is 336 g/mol. The van der Waals surface area contributed by atoms with Crippen molar-refractivity contribution < 1.29 is 24.5 Å². The minimum Gasteiger partial charge on any atom is -0.506 e. The first-order valence-electron chi connectivity index (χ1n) is 6.88. The van der Waals surface area contributed by atoms with Crippen LogP contribution in [0.25, 0.3) is 0 Å². The molecule has 23 heavy (non-hydrogen) atoms. The Morgan fingerprint density at radius 2 is 1.91 bits per heavy atom. The summed E-state index contributed by atoms with van der Waals surface area (Å²) >= 11 is 5.89. The summed E-state index contributed by atoms with van der Waals surface area (Å²) < 4.78 is 10.4. The quantitative estimate of drug-likeness (QED) is 0.844. The highest BCUT2D eigenvalue weighted by Gasteiger charge is 2.25. The van der Waals surface area contributed by atoms with Gasteiger partial charge in [0.1, 0.15) is 17.2 Å². The van der Waals surface area contributed by atoms with E-state index in [-0.39, 0.29) is 17.2 Å². The Balaban J connectivity index is 2.42. The number of phenolic OH excluding ortho intramolecular Hbond substituents is 1. The zero-order valence-electron chi connectivity index (χ0n) is 12.7. The van der Waals surface area contributed by atoms with Gasteiger partial charge in [0, 0.05) is 5.56 Å². The van der Waals surface area contributed by atoms with E-state index >= 15 is 0 Å². The molecule has 2 N–H and O–H groups in total. The highest BCUT2D eigenvalue weighted by atomic mass is 35.5. The molecule has 2 aromatic rings. The highest BCUT2D eigenvalue weighted by molar-refractivity contribution is 6.32. The number of phenols is 1. The molecule has 0 heterocycles. The van der Waals surface area contributed by atoms with Crippen LogP contribution in [0.3, 0.4) is 0 Å². The van der Waals surface area contributed by atoms with Gasteiger partial charge in [0.2, 0.25) is 0 Å². The van der Waals surface area contributed by atoms with Gasteiger partial charge in [-0.1, -0.05) is 17.7 Å². The fraction of sp³-hybridized carbons (Fsp3) is 0.235. The van der Waals surface area contributed by atoms with E-state index in [9.17, 15) is 15.0 Å². The predicted molar refractivity (Wildman–Crippen MR) is 86.7 cm³/mol. The smallest absolute Gasteiger partial charge is 0.311 e. The Morgan fingerprint density at radius 3 is 2.48 bits per heavy atom. The molecule has 0 aromatic heterocycles. The van der Waals surface area contributed by atoms with Gasteiger partial charge in [-0.05, 0) is 42.3 Å². The van der Waals surface area contributed by atoms with Crippen molar-refractivity contribution in [2.24, 2.45) is 0 Å². The molecule has 0 saturated heterocycles. The third-order valence-electron chi connectivity index (χ3n) is 3.56. The molecular formula is C17H17ClO5. The van der Waals surface area contributed by atoms with E-state index in [4.69, 9.17) is 21.1 Å². The topological polar surface area (TPSA) is 76.0 Å². The van der Waals surface area contributed by atoms with Gasteiger partial charge < -0.3 is 19.7 Å². The molecule has 0 aliphatic rings. The number of ether oxygens (including phenoxy) is 2. The van der Waals surface area contributed by atoms with Crippen molar-refractivity contribution in [3.63, 3.8) is 0 Å². The Morgan fingerprint density at radius 1 is 1.17 bits per heavy atom. The summed E-state index contributed by atoms with van der Waals surface area (Å²) in [4.78, 5) is 11.7. The maximum absolute atomic E-state index is 11.7. The van der Waals surface area contributed by atoms with E-state index in [0.717, 1.165) is 0 Å². The van der Waals surface area contributed by atoms with Crippen molar-refractivity contribution in [3.8, 4) is 17.2 Å². The van der Waals surface area contributed by atoms with Crippen LogP contribution in [0.2, 0.25) is 5.02 Å². The summed E-state index contributed by atoms with van der Waals surface area (Å²) in [5.74, 6) is -0.832. The number of aromatic hydroxyl groups is 1. The van der Waals surface area contributed by atoms with Gasteiger partial charge >= 0.3 is 5.97 Å². The van der Waals surface area contributed by atoms with E-state index in [1.807, 2.05) is 0 Å². The summed E-state index contributed by atoms with van der Waals surface area (Å²) in [7, 11) is 3.00. The molecule has 1 unspecified atom stereocenters. The van der Waals surface area contributed by atoms with Crippen LogP contribution in [0, 0.1) is 0 Å². The first kappa shape index (κ1) is 17.0. The molecule has 0 fully saturated rings. The van der Waals surface area contributed by atoms with Crippen LogP contribution >= 0.6 is 11.6 Å².